The minimum atomic E-state index is -4.41. The molecule has 5 nitrogen and oxygen atoms in total. The number of nitrogens with zero attached hydrogens (tertiary/aromatic N) is 2. The highest BCUT2D eigenvalue weighted by molar-refractivity contribution is 14.0. The molecule has 1 aliphatic heterocycles. The smallest absolute Gasteiger partial charge is 0.434 e. The number of hydrogen-bond acceptors (Lipinski definition) is 4. The summed E-state index contributed by atoms with van der Waals surface area (Å²) in [6.07, 6.45) is -2.66. The molecule has 10 heteroatoms. The van der Waals surface area contributed by atoms with Gasteiger partial charge in [-0.3, -0.25) is 0 Å². The highest BCUT2D eigenvalue weighted by atomic mass is 127. The van der Waals surface area contributed by atoms with Crippen molar-refractivity contribution in [3.8, 4) is 5.75 Å². The van der Waals surface area contributed by atoms with Gasteiger partial charge in [0.1, 0.15) is 10.8 Å². The first-order valence-corrected chi connectivity index (χ1v) is 9.62. The topological polar surface area (TPSA) is 58.5 Å². The number of fused-ring (bicyclic) bond motifs is 1. The van der Waals surface area contributed by atoms with E-state index in [2.05, 4.69) is 26.7 Å². The maximum Gasteiger partial charge on any atom is 0.434 e. The summed E-state index contributed by atoms with van der Waals surface area (Å²) in [6.45, 7) is 4.10. The molecule has 1 aliphatic rings. The summed E-state index contributed by atoms with van der Waals surface area (Å²) in [6, 6.07) is 6.20. The third kappa shape index (κ3) is 6.23. The van der Waals surface area contributed by atoms with Crippen LogP contribution in [0.15, 0.2) is 28.6 Å². The van der Waals surface area contributed by atoms with Crippen molar-refractivity contribution in [1.29, 1.82) is 0 Å². The largest absolute Gasteiger partial charge is 0.493 e. The minimum absolute atomic E-state index is 0. The molecule has 0 radical (unpaired) electrons. The van der Waals surface area contributed by atoms with E-state index in [0.29, 0.717) is 24.1 Å². The van der Waals surface area contributed by atoms with Gasteiger partial charge >= 0.3 is 6.18 Å². The third-order valence-electron chi connectivity index (χ3n) is 4.02. The molecule has 2 N–H and O–H groups in total. The van der Waals surface area contributed by atoms with Gasteiger partial charge in [-0.2, -0.15) is 13.2 Å². The molecular weight excluding hydrogens is 504 g/mol. The van der Waals surface area contributed by atoms with E-state index in [1.165, 1.54) is 11.1 Å². The Bertz CT molecular complexity index is 810. The van der Waals surface area contributed by atoms with E-state index in [9.17, 15) is 13.2 Å². The van der Waals surface area contributed by atoms with Gasteiger partial charge < -0.3 is 15.4 Å². The predicted molar refractivity (Wildman–Crippen MR) is 115 cm³/mol. The number of hydrogen-bond donors (Lipinski definition) is 2. The van der Waals surface area contributed by atoms with Gasteiger partial charge in [-0.05, 0) is 30.5 Å². The van der Waals surface area contributed by atoms with Crippen LogP contribution in [0.1, 0.15) is 28.8 Å². The number of thiazole rings is 1. The summed E-state index contributed by atoms with van der Waals surface area (Å²) in [5.41, 5.74) is 1.57. The number of aliphatic imine (C=N–C) groups is 1. The van der Waals surface area contributed by atoms with E-state index in [-0.39, 0.29) is 30.5 Å². The van der Waals surface area contributed by atoms with Crippen LogP contribution < -0.4 is 15.4 Å². The maximum absolute atomic E-state index is 12.6. The normalized spacial score (nSPS) is 13.5. The lowest BCUT2D eigenvalue weighted by Gasteiger charge is -2.11. The van der Waals surface area contributed by atoms with Crippen LogP contribution in [0.25, 0.3) is 0 Å². The molecule has 28 heavy (non-hydrogen) atoms. The maximum atomic E-state index is 12.6. The van der Waals surface area contributed by atoms with E-state index < -0.39 is 11.9 Å². The van der Waals surface area contributed by atoms with Crippen LogP contribution in [-0.4, -0.2) is 30.6 Å². The van der Waals surface area contributed by atoms with Crippen molar-refractivity contribution in [3.63, 3.8) is 0 Å². The van der Waals surface area contributed by atoms with Crippen molar-refractivity contribution in [3.05, 3.63) is 45.4 Å². The van der Waals surface area contributed by atoms with Gasteiger partial charge in [0.25, 0.3) is 0 Å². The summed E-state index contributed by atoms with van der Waals surface area (Å²) in [5.74, 6) is 1.52. The average molecular weight is 526 g/mol. The van der Waals surface area contributed by atoms with Gasteiger partial charge in [-0.25, -0.2) is 9.98 Å². The van der Waals surface area contributed by atoms with Crippen LogP contribution in [-0.2, 0) is 25.6 Å². The van der Waals surface area contributed by atoms with Crippen molar-refractivity contribution in [1.82, 2.24) is 15.6 Å². The number of alkyl halides is 3. The molecule has 0 saturated carbocycles. The monoisotopic (exact) mass is 526 g/mol. The van der Waals surface area contributed by atoms with Gasteiger partial charge in [0.05, 0.1) is 13.2 Å². The second-order valence-corrected chi connectivity index (χ2v) is 6.98. The Labute approximate surface area is 182 Å². The Morgan fingerprint density at radius 1 is 1.32 bits per heavy atom. The highest BCUT2D eigenvalue weighted by Gasteiger charge is 2.33. The molecule has 0 saturated heterocycles. The lowest BCUT2D eigenvalue weighted by atomic mass is 10.1. The first-order chi connectivity index (χ1) is 13.0. The summed E-state index contributed by atoms with van der Waals surface area (Å²) in [7, 11) is 0. The molecule has 2 heterocycles. The van der Waals surface area contributed by atoms with Crippen molar-refractivity contribution in [2.75, 3.05) is 19.7 Å². The standard InChI is InChI=1S/C18H21F3N4OS.HI/c1-2-22-17(24-10-16-25-15(11-27-16)18(19,20)21)23-7-5-12-3-4-14-13(9-12)6-8-26-14;/h3-4,9,11H,2,5-8,10H2,1H3,(H2,22,23,24);1H. The summed E-state index contributed by atoms with van der Waals surface area (Å²) in [5, 5.41) is 7.65. The van der Waals surface area contributed by atoms with Crippen molar-refractivity contribution in [2.45, 2.75) is 32.5 Å². The quantitative estimate of drug-likeness (QED) is 0.340. The van der Waals surface area contributed by atoms with Crippen LogP contribution >= 0.6 is 35.3 Å². The zero-order chi connectivity index (χ0) is 19.3. The molecule has 0 fully saturated rings. The zero-order valence-electron chi connectivity index (χ0n) is 15.3. The van der Waals surface area contributed by atoms with E-state index in [1.807, 2.05) is 19.1 Å². The van der Waals surface area contributed by atoms with Crippen LogP contribution in [0.4, 0.5) is 13.2 Å². The van der Waals surface area contributed by atoms with Crippen molar-refractivity contribution < 1.29 is 17.9 Å². The fraction of sp³-hybridized carbons (Fsp3) is 0.444. The first kappa shape index (κ1) is 22.7. The van der Waals surface area contributed by atoms with Gasteiger partial charge in [-0.15, -0.1) is 35.3 Å². The second-order valence-electron chi connectivity index (χ2n) is 6.04. The Morgan fingerprint density at radius 3 is 2.86 bits per heavy atom. The van der Waals surface area contributed by atoms with E-state index in [1.54, 1.807) is 0 Å². The number of halogens is 4. The van der Waals surface area contributed by atoms with Gasteiger partial charge in [0.2, 0.25) is 0 Å². The van der Waals surface area contributed by atoms with E-state index in [0.717, 1.165) is 41.9 Å². The van der Waals surface area contributed by atoms with Crippen molar-refractivity contribution in [2.24, 2.45) is 4.99 Å². The summed E-state index contributed by atoms with van der Waals surface area (Å²) < 4.78 is 43.3. The Balaban J connectivity index is 0.00000280. The van der Waals surface area contributed by atoms with E-state index >= 15 is 0 Å². The summed E-state index contributed by atoms with van der Waals surface area (Å²) >= 11 is 0.963. The molecular formula is C18H22F3IN4OS. The molecule has 3 rings (SSSR count). The number of nitrogens with one attached hydrogen (secondary N) is 2. The first-order valence-electron chi connectivity index (χ1n) is 8.74. The van der Waals surface area contributed by atoms with Gasteiger partial charge in [-0.1, -0.05) is 12.1 Å². The minimum Gasteiger partial charge on any atom is -0.493 e. The van der Waals surface area contributed by atoms with Gasteiger partial charge in [0.15, 0.2) is 11.7 Å². The predicted octanol–water partition coefficient (Wildman–Crippen LogP) is 4.01. The van der Waals surface area contributed by atoms with Crippen LogP contribution in [0.5, 0.6) is 5.75 Å². The number of aromatic nitrogens is 1. The lowest BCUT2D eigenvalue weighted by molar-refractivity contribution is -0.140. The average Bonchev–Trinajstić information content (AvgIpc) is 3.28. The molecule has 0 unspecified atom stereocenters. The third-order valence-corrected chi connectivity index (χ3v) is 4.85. The van der Waals surface area contributed by atoms with Crippen LogP contribution in [0, 0.1) is 0 Å². The molecule has 0 aliphatic carbocycles. The summed E-state index contributed by atoms with van der Waals surface area (Å²) in [4.78, 5) is 7.92. The second kappa shape index (κ2) is 10.3. The zero-order valence-corrected chi connectivity index (χ0v) is 18.5. The van der Waals surface area contributed by atoms with Crippen molar-refractivity contribution >= 4 is 41.3 Å². The SMILES string of the molecule is CCNC(=NCc1nc(C(F)(F)F)cs1)NCCc1ccc2c(c1)CCO2.I. The highest BCUT2D eigenvalue weighted by Crippen LogP contribution is 2.30. The molecule has 1 aromatic carbocycles. The van der Waals surface area contributed by atoms with Gasteiger partial charge in [0, 0.05) is 24.9 Å². The lowest BCUT2D eigenvalue weighted by Crippen LogP contribution is -2.38. The molecule has 0 bridgehead atoms. The fourth-order valence-electron chi connectivity index (χ4n) is 2.72. The number of ether oxygens (including phenoxy) is 1. The fourth-order valence-corrected chi connectivity index (χ4v) is 3.45. The number of guanidine groups is 1. The number of rotatable bonds is 6. The Kier molecular flexibility index (Phi) is 8.35. The molecule has 0 atom stereocenters. The van der Waals surface area contributed by atoms with E-state index in [4.69, 9.17) is 4.74 Å². The Morgan fingerprint density at radius 2 is 2.14 bits per heavy atom. The van der Waals surface area contributed by atoms with Crippen LogP contribution in [0.2, 0.25) is 0 Å². The molecule has 0 spiro atoms. The van der Waals surface area contributed by atoms with Crippen LogP contribution in [0.3, 0.4) is 0 Å². The molecule has 0 amide bonds. The molecule has 1 aromatic heterocycles. The number of benzene rings is 1. The molecule has 2 aromatic rings. The Hall–Kier alpha value is -1.56. The molecule has 154 valence electrons.